The Morgan fingerprint density at radius 3 is 1.57 bits per heavy atom. The van der Waals surface area contributed by atoms with Gasteiger partial charge in [-0.3, -0.25) is 16.5 Å². The molecule has 0 saturated heterocycles. The van der Waals surface area contributed by atoms with E-state index >= 15 is 0 Å². The first-order valence-corrected chi connectivity index (χ1v) is 8.85. The topological polar surface area (TPSA) is 153 Å². The maximum absolute atomic E-state index is 10.2. The first kappa shape index (κ1) is 27.1. The number of carboxylic acids is 1. The van der Waals surface area contributed by atoms with E-state index in [1.54, 1.807) is 0 Å². The lowest BCUT2D eigenvalue weighted by Gasteiger charge is -2.00. The molecular weight excluding hydrogens is 294 g/mol. The van der Waals surface area contributed by atoms with E-state index in [9.17, 15) is 4.79 Å². The molecular formula is C16H41N5O2. The van der Waals surface area contributed by atoms with Crippen molar-refractivity contribution in [1.29, 1.82) is 0 Å². The van der Waals surface area contributed by atoms with Crippen molar-refractivity contribution < 1.29 is 9.90 Å². The predicted octanol–water partition coefficient (Wildman–Crippen LogP) is 1.30. The van der Waals surface area contributed by atoms with Crippen LogP contribution in [0.3, 0.4) is 0 Å². The number of unbranched alkanes of at least 4 members (excludes halogenated alkanes) is 8. The summed E-state index contributed by atoms with van der Waals surface area (Å²) >= 11 is 0. The molecule has 10 N–H and O–H groups in total. The van der Waals surface area contributed by atoms with Gasteiger partial charge in [-0.2, -0.15) is 0 Å². The largest absolute Gasteiger partial charge is 0.481 e. The molecule has 0 spiro atoms. The van der Waals surface area contributed by atoms with Gasteiger partial charge in [0.1, 0.15) is 0 Å². The van der Waals surface area contributed by atoms with E-state index in [0.717, 1.165) is 25.9 Å². The molecule has 0 fully saturated rings. The minimum absolute atomic E-state index is 0.343. The third kappa shape index (κ3) is 38.8. The van der Waals surface area contributed by atoms with Crippen LogP contribution < -0.4 is 28.5 Å². The molecule has 0 rings (SSSR count). The summed E-state index contributed by atoms with van der Waals surface area (Å²) in [4.78, 5) is 10.2. The number of hydrazine groups is 1. The normalized spacial score (nSPS) is 9.43. The molecule has 0 aliphatic carbocycles. The Bertz CT molecular complexity index is 203. The van der Waals surface area contributed by atoms with Crippen LogP contribution in [0, 0.1) is 0 Å². The maximum atomic E-state index is 10.2. The van der Waals surface area contributed by atoms with Gasteiger partial charge in [0.25, 0.3) is 0 Å². The molecule has 0 heterocycles. The van der Waals surface area contributed by atoms with Crippen LogP contribution in [0.5, 0.6) is 0 Å². The molecule has 0 amide bonds. The fourth-order valence-electron chi connectivity index (χ4n) is 1.92. The van der Waals surface area contributed by atoms with Crippen molar-refractivity contribution >= 4 is 5.97 Å². The number of aliphatic carboxylic acids is 1. The first-order chi connectivity index (χ1) is 11.2. The summed E-state index contributed by atoms with van der Waals surface area (Å²) in [6.07, 6.45) is 11.5. The average molecular weight is 336 g/mol. The molecule has 0 aromatic rings. The van der Waals surface area contributed by atoms with Gasteiger partial charge in [0.15, 0.2) is 0 Å². The molecule has 0 bridgehead atoms. The summed E-state index contributed by atoms with van der Waals surface area (Å²) in [6.45, 7) is 5.36. The molecule has 0 aliphatic heterocycles. The van der Waals surface area contributed by atoms with Crippen LogP contribution in [-0.2, 0) is 4.79 Å². The van der Waals surface area contributed by atoms with Gasteiger partial charge in [0, 0.05) is 32.6 Å². The van der Waals surface area contributed by atoms with Crippen molar-refractivity contribution in [3.05, 3.63) is 0 Å². The van der Waals surface area contributed by atoms with Crippen molar-refractivity contribution in [2.75, 3.05) is 26.2 Å². The van der Waals surface area contributed by atoms with Crippen molar-refractivity contribution in [3.63, 3.8) is 0 Å². The minimum Gasteiger partial charge on any atom is -0.481 e. The first-order valence-electron chi connectivity index (χ1n) is 8.85. The lowest BCUT2D eigenvalue weighted by atomic mass is 10.1. The highest BCUT2D eigenvalue weighted by Crippen LogP contribution is 2.10. The van der Waals surface area contributed by atoms with Crippen LogP contribution in [0.4, 0.5) is 0 Å². The van der Waals surface area contributed by atoms with Crippen LogP contribution in [0.25, 0.3) is 0 Å². The molecule has 0 atom stereocenters. The van der Waals surface area contributed by atoms with Crippen LogP contribution >= 0.6 is 0 Å². The lowest BCUT2D eigenvalue weighted by Crippen LogP contribution is -2.27. The smallest absolute Gasteiger partial charge is 0.303 e. The van der Waals surface area contributed by atoms with Crippen LogP contribution in [0.2, 0.25) is 0 Å². The van der Waals surface area contributed by atoms with Crippen LogP contribution in [-0.4, -0.2) is 37.3 Å². The molecule has 7 heteroatoms. The van der Waals surface area contributed by atoms with Gasteiger partial charge in [0.05, 0.1) is 0 Å². The molecule has 0 saturated carbocycles. The Hall–Kier alpha value is -0.730. The highest BCUT2D eigenvalue weighted by Gasteiger charge is 1.96. The standard InChI is InChI=1S/C12H24O2.C4H13N3.H4N2/c1-2-3-4-5-6-7-8-9-10-11-12(13)14;5-1-3-7-4-2-6;1-2/h2-11H2,1H3,(H,13,14);7H,1-6H2;1-2H2. The second-order valence-electron chi connectivity index (χ2n) is 5.30. The molecule has 0 unspecified atom stereocenters. The third-order valence-corrected chi connectivity index (χ3v) is 3.14. The molecule has 0 aromatic heterocycles. The van der Waals surface area contributed by atoms with Gasteiger partial charge in [-0.25, -0.2) is 0 Å². The number of carboxylic acid groups (broad SMARTS) is 1. The number of nitrogens with two attached hydrogens (primary N) is 4. The Morgan fingerprint density at radius 1 is 0.826 bits per heavy atom. The summed E-state index contributed by atoms with van der Waals surface area (Å²) < 4.78 is 0. The molecule has 142 valence electrons. The van der Waals surface area contributed by atoms with Crippen molar-refractivity contribution in [2.24, 2.45) is 23.2 Å². The Morgan fingerprint density at radius 2 is 1.22 bits per heavy atom. The van der Waals surface area contributed by atoms with Crippen LogP contribution in [0.1, 0.15) is 71.1 Å². The summed E-state index contributed by atoms with van der Waals surface area (Å²) in [5.41, 5.74) is 10.3. The van der Waals surface area contributed by atoms with E-state index in [4.69, 9.17) is 16.6 Å². The monoisotopic (exact) mass is 335 g/mol. The van der Waals surface area contributed by atoms with Crippen molar-refractivity contribution in [2.45, 2.75) is 71.1 Å². The zero-order chi connectivity index (χ0) is 18.2. The zero-order valence-corrected chi connectivity index (χ0v) is 15.1. The summed E-state index contributed by atoms with van der Waals surface area (Å²) in [7, 11) is 0. The van der Waals surface area contributed by atoms with Crippen LogP contribution in [0.15, 0.2) is 0 Å². The molecule has 7 nitrogen and oxygen atoms in total. The number of nitrogens with one attached hydrogen (secondary N) is 1. The zero-order valence-electron chi connectivity index (χ0n) is 15.1. The second-order valence-corrected chi connectivity index (χ2v) is 5.30. The van der Waals surface area contributed by atoms with E-state index in [1.807, 2.05) is 0 Å². The molecule has 23 heavy (non-hydrogen) atoms. The summed E-state index contributed by atoms with van der Waals surface area (Å²) in [6, 6.07) is 0. The van der Waals surface area contributed by atoms with Gasteiger partial charge in [-0.05, 0) is 6.42 Å². The lowest BCUT2D eigenvalue weighted by molar-refractivity contribution is -0.137. The molecule has 0 radical (unpaired) electrons. The van der Waals surface area contributed by atoms with Gasteiger partial charge < -0.3 is 21.9 Å². The SMILES string of the molecule is CCCCCCCCCCCC(=O)O.NCCNCCN.NN. The highest BCUT2D eigenvalue weighted by atomic mass is 16.4. The Kier molecular flexibility index (Phi) is 34.6. The number of carbonyl (C=O) groups is 1. The summed E-state index contributed by atoms with van der Waals surface area (Å²) in [5.74, 6) is 7.34. The number of hydrogen-bond donors (Lipinski definition) is 6. The number of rotatable bonds is 14. The fraction of sp³-hybridized carbons (Fsp3) is 0.938. The van der Waals surface area contributed by atoms with Gasteiger partial charge in [-0.1, -0.05) is 58.3 Å². The summed E-state index contributed by atoms with van der Waals surface area (Å²) in [5, 5.41) is 11.4. The van der Waals surface area contributed by atoms with Gasteiger partial charge >= 0.3 is 5.97 Å². The van der Waals surface area contributed by atoms with E-state index in [-0.39, 0.29) is 0 Å². The number of hydrogen-bond acceptors (Lipinski definition) is 6. The van der Waals surface area contributed by atoms with E-state index in [0.29, 0.717) is 19.5 Å². The van der Waals surface area contributed by atoms with E-state index in [2.05, 4.69) is 23.9 Å². The Balaban J connectivity index is -0.000000373. The van der Waals surface area contributed by atoms with Crippen molar-refractivity contribution in [1.82, 2.24) is 5.32 Å². The second kappa shape index (κ2) is 29.3. The third-order valence-electron chi connectivity index (χ3n) is 3.14. The van der Waals surface area contributed by atoms with Crippen molar-refractivity contribution in [3.8, 4) is 0 Å². The maximum Gasteiger partial charge on any atom is 0.303 e. The minimum atomic E-state index is -0.659. The molecule has 0 aromatic carbocycles. The molecule has 0 aliphatic rings. The van der Waals surface area contributed by atoms with Gasteiger partial charge in [-0.15, -0.1) is 0 Å². The quantitative estimate of drug-likeness (QED) is 0.159. The van der Waals surface area contributed by atoms with E-state index < -0.39 is 5.97 Å². The van der Waals surface area contributed by atoms with E-state index in [1.165, 1.54) is 44.9 Å². The highest BCUT2D eigenvalue weighted by molar-refractivity contribution is 5.66. The van der Waals surface area contributed by atoms with Gasteiger partial charge in [0.2, 0.25) is 0 Å². The predicted molar refractivity (Wildman–Crippen MR) is 98.8 cm³/mol. The average Bonchev–Trinajstić information content (AvgIpc) is 2.56. The Labute approximate surface area is 142 Å². The fourth-order valence-corrected chi connectivity index (χ4v) is 1.92.